The lowest BCUT2D eigenvalue weighted by molar-refractivity contribution is -0.384. The number of hydrogen-bond acceptors (Lipinski definition) is 6. The number of oxime groups is 1. The van der Waals surface area contributed by atoms with Crippen LogP contribution in [0.2, 0.25) is 0 Å². The van der Waals surface area contributed by atoms with Crippen molar-refractivity contribution in [1.82, 2.24) is 0 Å². The SMILES string of the molecule is CC(C)c1ccc(OCC(=O)O/N=C(\N)c2ccc([N+](=O)[O-])cc2)c(Br)c1. The molecule has 0 aliphatic heterocycles. The van der Waals surface area contributed by atoms with Gasteiger partial charge in [0.1, 0.15) is 5.75 Å². The Bertz CT molecular complexity index is 866. The number of amidine groups is 1. The summed E-state index contributed by atoms with van der Waals surface area (Å²) in [7, 11) is 0. The van der Waals surface area contributed by atoms with Crippen molar-refractivity contribution in [3.05, 3.63) is 68.2 Å². The summed E-state index contributed by atoms with van der Waals surface area (Å²) in [5.41, 5.74) is 7.15. The van der Waals surface area contributed by atoms with Crippen LogP contribution in [0.25, 0.3) is 0 Å². The van der Waals surface area contributed by atoms with E-state index in [1.54, 1.807) is 6.07 Å². The van der Waals surface area contributed by atoms with E-state index in [0.29, 0.717) is 17.2 Å². The number of carbonyl (C=O) groups is 1. The molecular formula is C18H18BrN3O5. The van der Waals surface area contributed by atoms with Gasteiger partial charge < -0.3 is 15.3 Å². The molecule has 2 rings (SSSR count). The number of nitrogens with zero attached hydrogens (tertiary/aromatic N) is 2. The van der Waals surface area contributed by atoms with Gasteiger partial charge in [0, 0.05) is 17.7 Å². The van der Waals surface area contributed by atoms with Gasteiger partial charge in [0.05, 0.1) is 9.40 Å². The number of halogens is 1. The van der Waals surface area contributed by atoms with Crippen LogP contribution in [0.15, 0.2) is 52.1 Å². The Morgan fingerprint density at radius 1 is 1.26 bits per heavy atom. The van der Waals surface area contributed by atoms with E-state index < -0.39 is 10.9 Å². The molecule has 0 fully saturated rings. The van der Waals surface area contributed by atoms with E-state index in [1.165, 1.54) is 24.3 Å². The molecule has 0 saturated carbocycles. The number of ether oxygens (including phenoxy) is 1. The number of rotatable bonds is 7. The molecule has 0 aliphatic carbocycles. The molecular weight excluding hydrogens is 418 g/mol. The number of non-ortho nitro benzene ring substituents is 1. The average Bonchev–Trinajstić information content (AvgIpc) is 2.64. The van der Waals surface area contributed by atoms with E-state index in [9.17, 15) is 14.9 Å². The third-order valence-corrected chi connectivity index (χ3v) is 4.21. The van der Waals surface area contributed by atoms with Crippen LogP contribution < -0.4 is 10.5 Å². The predicted molar refractivity (Wildman–Crippen MR) is 104 cm³/mol. The second-order valence-electron chi connectivity index (χ2n) is 5.88. The van der Waals surface area contributed by atoms with Crippen LogP contribution >= 0.6 is 15.9 Å². The highest BCUT2D eigenvalue weighted by Gasteiger charge is 2.10. The Morgan fingerprint density at radius 3 is 2.48 bits per heavy atom. The van der Waals surface area contributed by atoms with Gasteiger partial charge in [0.25, 0.3) is 5.69 Å². The highest BCUT2D eigenvalue weighted by Crippen LogP contribution is 2.28. The molecule has 0 spiro atoms. The maximum atomic E-state index is 11.8. The van der Waals surface area contributed by atoms with Crippen molar-refractivity contribution >= 4 is 33.4 Å². The van der Waals surface area contributed by atoms with Crippen molar-refractivity contribution in [2.75, 3.05) is 6.61 Å². The van der Waals surface area contributed by atoms with E-state index in [1.807, 2.05) is 12.1 Å². The number of nitro benzene ring substituents is 1. The summed E-state index contributed by atoms with van der Waals surface area (Å²) in [6.45, 7) is 3.80. The van der Waals surface area contributed by atoms with E-state index in [2.05, 4.69) is 34.9 Å². The van der Waals surface area contributed by atoms with Gasteiger partial charge in [-0.05, 0) is 51.7 Å². The zero-order valence-corrected chi connectivity index (χ0v) is 16.3. The zero-order valence-electron chi connectivity index (χ0n) is 14.7. The molecule has 0 bridgehead atoms. The van der Waals surface area contributed by atoms with Gasteiger partial charge in [-0.25, -0.2) is 4.79 Å². The maximum Gasteiger partial charge on any atom is 0.372 e. The molecule has 0 heterocycles. The molecule has 0 amide bonds. The summed E-state index contributed by atoms with van der Waals surface area (Å²) >= 11 is 3.40. The third kappa shape index (κ3) is 5.78. The molecule has 2 aromatic rings. The number of nitro groups is 1. The smallest absolute Gasteiger partial charge is 0.372 e. The lowest BCUT2D eigenvalue weighted by atomic mass is 10.0. The Balaban J connectivity index is 1.91. The minimum atomic E-state index is -0.736. The van der Waals surface area contributed by atoms with E-state index in [0.717, 1.165) is 10.0 Å². The summed E-state index contributed by atoms with van der Waals surface area (Å²) in [4.78, 5) is 26.6. The Kier molecular flexibility index (Phi) is 6.89. The molecule has 0 saturated heterocycles. The minimum Gasteiger partial charge on any atom is -0.481 e. The first-order valence-corrected chi connectivity index (χ1v) is 8.77. The van der Waals surface area contributed by atoms with Crippen molar-refractivity contribution < 1.29 is 19.3 Å². The molecule has 0 unspecified atom stereocenters. The Morgan fingerprint density at radius 2 is 1.93 bits per heavy atom. The van der Waals surface area contributed by atoms with Gasteiger partial charge in [-0.3, -0.25) is 10.1 Å². The van der Waals surface area contributed by atoms with Crippen LogP contribution in [0.5, 0.6) is 5.75 Å². The van der Waals surface area contributed by atoms with Gasteiger partial charge in [-0.15, -0.1) is 0 Å². The summed E-state index contributed by atoms with van der Waals surface area (Å²) in [6, 6.07) is 11.0. The van der Waals surface area contributed by atoms with Crippen molar-refractivity contribution in [3.63, 3.8) is 0 Å². The monoisotopic (exact) mass is 435 g/mol. The van der Waals surface area contributed by atoms with Crippen LogP contribution in [0.4, 0.5) is 5.69 Å². The van der Waals surface area contributed by atoms with Crippen molar-refractivity contribution in [1.29, 1.82) is 0 Å². The number of nitrogens with two attached hydrogens (primary N) is 1. The number of hydrogen-bond donors (Lipinski definition) is 1. The molecule has 0 aromatic heterocycles. The minimum absolute atomic E-state index is 0.0778. The van der Waals surface area contributed by atoms with E-state index in [4.69, 9.17) is 15.3 Å². The largest absolute Gasteiger partial charge is 0.481 e. The van der Waals surface area contributed by atoms with Crippen LogP contribution in [-0.2, 0) is 9.63 Å². The van der Waals surface area contributed by atoms with E-state index >= 15 is 0 Å². The van der Waals surface area contributed by atoms with Gasteiger partial charge in [-0.2, -0.15) is 0 Å². The van der Waals surface area contributed by atoms with Gasteiger partial charge >= 0.3 is 5.97 Å². The van der Waals surface area contributed by atoms with Crippen molar-refractivity contribution in [2.45, 2.75) is 19.8 Å². The second kappa shape index (κ2) is 9.13. The molecule has 0 aliphatic rings. The number of carbonyl (C=O) groups excluding carboxylic acids is 1. The van der Waals surface area contributed by atoms with Gasteiger partial charge in [0.2, 0.25) is 0 Å². The number of benzene rings is 2. The molecule has 9 heteroatoms. The molecule has 0 atom stereocenters. The van der Waals surface area contributed by atoms with Crippen LogP contribution in [-0.4, -0.2) is 23.3 Å². The molecule has 2 N–H and O–H groups in total. The van der Waals surface area contributed by atoms with Crippen LogP contribution in [0.1, 0.15) is 30.9 Å². The zero-order chi connectivity index (χ0) is 20.0. The first-order chi connectivity index (χ1) is 12.8. The highest BCUT2D eigenvalue weighted by atomic mass is 79.9. The van der Waals surface area contributed by atoms with Gasteiger partial charge in [-0.1, -0.05) is 25.1 Å². The first-order valence-electron chi connectivity index (χ1n) is 7.98. The fourth-order valence-corrected chi connectivity index (χ4v) is 2.57. The lowest BCUT2D eigenvalue weighted by Crippen LogP contribution is -2.18. The fourth-order valence-electron chi connectivity index (χ4n) is 2.06. The highest BCUT2D eigenvalue weighted by molar-refractivity contribution is 9.10. The first kappa shape index (κ1) is 20.4. The van der Waals surface area contributed by atoms with Gasteiger partial charge in [0.15, 0.2) is 12.4 Å². The van der Waals surface area contributed by atoms with E-state index in [-0.39, 0.29) is 18.1 Å². The van der Waals surface area contributed by atoms with Crippen molar-refractivity contribution in [2.24, 2.45) is 10.9 Å². The molecule has 2 aromatic carbocycles. The molecule has 142 valence electrons. The second-order valence-corrected chi connectivity index (χ2v) is 6.73. The van der Waals surface area contributed by atoms with Crippen LogP contribution in [0, 0.1) is 10.1 Å². The standard InChI is InChI=1S/C18H18BrN3O5/c1-11(2)13-5-8-16(15(19)9-13)26-10-17(23)27-21-18(20)12-3-6-14(7-4-12)22(24)25/h3-9,11H,10H2,1-2H3,(H2,20,21). The molecule has 8 nitrogen and oxygen atoms in total. The molecule has 27 heavy (non-hydrogen) atoms. The summed E-state index contributed by atoms with van der Waals surface area (Å²) in [6.07, 6.45) is 0. The Hall–Kier alpha value is -2.94. The quantitative estimate of drug-likeness (QED) is 0.232. The summed E-state index contributed by atoms with van der Waals surface area (Å²) < 4.78 is 6.14. The van der Waals surface area contributed by atoms with Crippen molar-refractivity contribution in [3.8, 4) is 5.75 Å². The normalized spacial score (nSPS) is 11.3. The maximum absolute atomic E-state index is 11.8. The molecule has 0 radical (unpaired) electrons. The lowest BCUT2D eigenvalue weighted by Gasteiger charge is -2.10. The third-order valence-electron chi connectivity index (χ3n) is 3.59. The summed E-state index contributed by atoms with van der Waals surface area (Å²) in [5, 5.41) is 14.1. The average molecular weight is 436 g/mol. The summed E-state index contributed by atoms with van der Waals surface area (Å²) in [5.74, 6) is 0.0566. The predicted octanol–water partition coefficient (Wildman–Crippen LogP) is 3.72. The van der Waals surface area contributed by atoms with Crippen LogP contribution in [0.3, 0.4) is 0 Å². The topological polar surface area (TPSA) is 117 Å². The fraction of sp³-hybridized carbons (Fsp3) is 0.222. The Labute approximate surface area is 164 Å².